The molecule has 1 unspecified atom stereocenters. The van der Waals surface area contributed by atoms with E-state index in [0.717, 1.165) is 34.5 Å². The van der Waals surface area contributed by atoms with Crippen LogP contribution in [0, 0.1) is 6.92 Å². The molecule has 1 aliphatic rings. The average molecular weight is 273 g/mol. The van der Waals surface area contributed by atoms with Crippen LogP contribution in [0.3, 0.4) is 0 Å². The van der Waals surface area contributed by atoms with Gasteiger partial charge < -0.3 is 11.1 Å². The third kappa shape index (κ3) is 1.90. The van der Waals surface area contributed by atoms with Crippen molar-refractivity contribution in [1.29, 1.82) is 0 Å². The third-order valence-electron chi connectivity index (χ3n) is 3.46. The highest BCUT2D eigenvalue weighted by molar-refractivity contribution is 7.13. The van der Waals surface area contributed by atoms with E-state index in [1.54, 1.807) is 0 Å². The van der Waals surface area contributed by atoms with E-state index in [4.69, 9.17) is 5.73 Å². The second-order valence-corrected chi connectivity index (χ2v) is 5.69. The fraction of sp³-hybridized carbons (Fsp3) is 0.286. The molecule has 0 saturated carbocycles. The summed E-state index contributed by atoms with van der Waals surface area (Å²) in [5, 5.41) is 5.46. The largest absolute Gasteiger partial charge is 0.375 e. The van der Waals surface area contributed by atoms with Crippen molar-refractivity contribution >= 4 is 28.1 Å². The number of thiazole rings is 1. The molecule has 0 aliphatic carbocycles. The highest BCUT2D eigenvalue weighted by Crippen LogP contribution is 2.42. The van der Waals surface area contributed by atoms with Crippen molar-refractivity contribution in [2.75, 3.05) is 11.1 Å². The summed E-state index contributed by atoms with van der Waals surface area (Å²) < 4.78 is 0. The van der Waals surface area contributed by atoms with Gasteiger partial charge in [-0.3, -0.25) is 4.79 Å². The minimum atomic E-state index is -0.0513. The summed E-state index contributed by atoms with van der Waals surface area (Å²) in [6.45, 7) is 4.07. The molecule has 5 heteroatoms. The van der Waals surface area contributed by atoms with Gasteiger partial charge in [0.1, 0.15) is 0 Å². The molecule has 1 aliphatic heterocycles. The number of aromatic nitrogens is 1. The number of carbonyl (C=O) groups is 1. The summed E-state index contributed by atoms with van der Waals surface area (Å²) in [4.78, 5) is 16.3. The van der Waals surface area contributed by atoms with Gasteiger partial charge in [0.15, 0.2) is 5.13 Å². The Hall–Kier alpha value is -1.88. The minimum Gasteiger partial charge on any atom is -0.375 e. The molecular weight excluding hydrogens is 258 g/mol. The molecule has 1 aromatic carbocycles. The normalized spacial score (nSPS) is 17.4. The minimum absolute atomic E-state index is 0.0513. The number of nitrogen functional groups attached to an aromatic ring is 1. The van der Waals surface area contributed by atoms with Crippen molar-refractivity contribution in [2.24, 2.45) is 0 Å². The van der Waals surface area contributed by atoms with Gasteiger partial charge >= 0.3 is 0 Å². The van der Waals surface area contributed by atoms with Crippen molar-refractivity contribution < 1.29 is 4.79 Å². The molecule has 1 atom stereocenters. The van der Waals surface area contributed by atoms with E-state index >= 15 is 0 Å². The number of hydrogen-bond donors (Lipinski definition) is 2. The van der Waals surface area contributed by atoms with Gasteiger partial charge in [0.05, 0.1) is 17.3 Å². The number of fused-ring (bicyclic) bond motifs is 1. The second kappa shape index (κ2) is 4.35. The molecule has 1 aromatic heterocycles. The van der Waals surface area contributed by atoms with Crippen molar-refractivity contribution in [2.45, 2.75) is 26.2 Å². The van der Waals surface area contributed by atoms with Crippen LogP contribution in [-0.4, -0.2) is 10.9 Å². The molecule has 4 nitrogen and oxygen atoms in total. The van der Waals surface area contributed by atoms with Crippen LogP contribution in [-0.2, 0) is 4.79 Å². The molecule has 2 heterocycles. The van der Waals surface area contributed by atoms with Gasteiger partial charge in [0, 0.05) is 10.9 Å². The fourth-order valence-electron chi connectivity index (χ4n) is 2.60. The molecule has 0 fully saturated rings. The van der Waals surface area contributed by atoms with Crippen LogP contribution in [0.5, 0.6) is 0 Å². The van der Waals surface area contributed by atoms with Gasteiger partial charge in [-0.1, -0.05) is 18.6 Å². The molecular formula is C14H15N3OS. The maximum atomic E-state index is 12.0. The first-order valence-corrected chi connectivity index (χ1v) is 7.15. The lowest BCUT2D eigenvalue weighted by Crippen LogP contribution is -2.10. The number of amides is 1. The van der Waals surface area contributed by atoms with Crippen LogP contribution in [0.4, 0.5) is 10.8 Å². The van der Waals surface area contributed by atoms with Gasteiger partial charge in [-0.15, -0.1) is 11.3 Å². The zero-order valence-corrected chi connectivity index (χ0v) is 11.7. The Labute approximate surface area is 115 Å². The Morgan fingerprint density at radius 2 is 2.26 bits per heavy atom. The summed E-state index contributed by atoms with van der Waals surface area (Å²) in [6, 6.07) is 4.13. The lowest BCUT2D eigenvalue weighted by molar-refractivity contribution is -0.117. The van der Waals surface area contributed by atoms with Gasteiger partial charge in [-0.05, 0) is 25.0 Å². The van der Waals surface area contributed by atoms with Crippen molar-refractivity contribution in [1.82, 2.24) is 4.98 Å². The molecule has 3 N–H and O–H groups in total. The van der Waals surface area contributed by atoms with Crippen molar-refractivity contribution in [3.8, 4) is 11.3 Å². The van der Waals surface area contributed by atoms with E-state index in [-0.39, 0.29) is 11.8 Å². The SMILES string of the molecule is CCC1C(=O)Nc2c(-c3csc(N)n3)cc(C)cc21. The topological polar surface area (TPSA) is 68.0 Å². The summed E-state index contributed by atoms with van der Waals surface area (Å²) in [7, 11) is 0. The average Bonchev–Trinajstić information content (AvgIpc) is 2.91. The number of rotatable bonds is 2. The number of carbonyl (C=O) groups excluding carboxylic acids is 1. The molecule has 2 aromatic rings. The number of nitrogens with one attached hydrogen (secondary N) is 1. The maximum Gasteiger partial charge on any atom is 0.232 e. The van der Waals surface area contributed by atoms with Gasteiger partial charge in [0.25, 0.3) is 0 Å². The van der Waals surface area contributed by atoms with E-state index in [0.29, 0.717) is 5.13 Å². The molecule has 3 rings (SSSR count). The monoisotopic (exact) mass is 273 g/mol. The first-order valence-electron chi connectivity index (χ1n) is 6.27. The van der Waals surface area contributed by atoms with Crippen LogP contribution in [0.15, 0.2) is 17.5 Å². The summed E-state index contributed by atoms with van der Waals surface area (Å²) >= 11 is 1.41. The van der Waals surface area contributed by atoms with E-state index < -0.39 is 0 Å². The molecule has 19 heavy (non-hydrogen) atoms. The number of nitrogens with zero attached hydrogens (tertiary/aromatic N) is 1. The molecule has 0 saturated heterocycles. The maximum absolute atomic E-state index is 12.0. The van der Waals surface area contributed by atoms with Crippen LogP contribution in [0.25, 0.3) is 11.3 Å². The Morgan fingerprint density at radius 1 is 1.47 bits per heavy atom. The highest BCUT2D eigenvalue weighted by atomic mass is 32.1. The molecule has 0 bridgehead atoms. The lowest BCUT2D eigenvalue weighted by Gasteiger charge is -2.09. The van der Waals surface area contributed by atoms with E-state index in [9.17, 15) is 4.79 Å². The van der Waals surface area contributed by atoms with Crippen molar-refractivity contribution in [3.63, 3.8) is 0 Å². The first-order chi connectivity index (χ1) is 9.10. The molecule has 0 radical (unpaired) electrons. The third-order valence-corrected chi connectivity index (χ3v) is 4.13. The molecule has 98 valence electrons. The van der Waals surface area contributed by atoms with Crippen LogP contribution < -0.4 is 11.1 Å². The first kappa shape index (κ1) is 12.2. The number of nitrogens with two attached hydrogens (primary N) is 1. The smallest absolute Gasteiger partial charge is 0.232 e. The molecule has 1 amide bonds. The zero-order chi connectivity index (χ0) is 13.6. The number of aryl methyl sites for hydroxylation is 1. The number of hydrogen-bond acceptors (Lipinski definition) is 4. The fourth-order valence-corrected chi connectivity index (χ4v) is 3.16. The summed E-state index contributed by atoms with van der Waals surface area (Å²) in [5.41, 5.74) is 10.6. The Balaban J connectivity index is 2.20. The predicted octanol–water partition coefficient (Wildman–Crippen LogP) is 3.15. The lowest BCUT2D eigenvalue weighted by atomic mass is 9.94. The van der Waals surface area contributed by atoms with E-state index in [2.05, 4.69) is 16.4 Å². The second-order valence-electron chi connectivity index (χ2n) is 4.80. The van der Waals surface area contributed by atoms with Crippen molar-refractivity contribution in [3.05, 3.63) is 28.6 Å². The Morgan fingerprint density at radius 3 is 2.89 bits per heavy atom. The standard InChI is InChI=1S/C14H15N3OS/c1-3-8-9-4-7(2)5-10(12(9)17-13(8)18)11-6-19-14(15)16-11/h4-6,8H,3H2,1-2H3,(H2,15,16)(H,17,18). The predicted molar refractivity (Wildman–Crippen MR) is 78.4 cm³/mol. The Bertz CT molecular complexity index is 663. The quantitative estimate of drug-likeness (QED) is 0.883. The van der Waals surface area contributed by atoms with E-state index in [1.807, 2.05) is 25.3 Å². The van der Waals surface area contributed by atoms with Crippen LogP contribution >= 0.6 is 11.3 Å². The summed E-state index contributed by atoms with van der Waals surface area (Å²) in [6.07, 6.45) is 0.806. The molecule has 0 spiro atoms. The number of anilines is 2. The van der Waals surface area contributed by atoms with Gasteiger partial charge in [-0.2, -0.15) is 0 Å². The number of benzene rings is 1. The Kier molecular flexibility index (Phi) is 2.78. The summed E-state index contributed by atoms with van der Waals surface area (Å²) in [5.74, 6) is 0.0252. The zero-order valence-electron chi connectivity index (χ0n) is 10.9. The highest BCUT2D eigenvalue weighted by Gasteiger charge is 2.31. The van der Waals surface area contributed by atoms with Gasteiger partial charge in [-0.25, -0.2) is 4.98 Å². The van der Waals surface area contributed by atoms with E-state index in [1.165, 1.54) is 11.3 Å². The van der Waals surface area contributed by atoms with Crippen LogP contribution in [0.1, 0.15) is 30.4 Å². The van der Waals surface area contributed by atoms with Crippen LogP contribution in [0.2, 0.25) is 0 Å². The van der Waals surface area contributed by atoms with Gasteiger partial charge in [0.2, 0.25) is 5.91 Å².